The predicted octanol–water partition coefficient (Wildman–Crippen LogP) is 6.63. The smallest absolute Gasteiger partial charge is 0.145 e. The Morgan fingerprint density at radius 1 is 0.667 bits per heavy atom. The minimum absolute atomic E-state index is 0.890. The molecular formula is C26H15N3O. The molecule has 0 saturated carbocycles. The molecule has 0 spiro atoms. The van der Waals surface area contributed by atoms with E-state index in [1.807, 2.05) is 36.7 Å². The van der Waals surface area contributed by atoms with Crippen LogP contribution >= 0.6 is 0 Å². The van der Waals surface area contributed by atoms with Crippen molar-refractivity contribution in [1.29, 1.82) is 0 Å². The molecule has 0 amide bonds. The van der Waals surface area contributed by atoms with Crippen molar-refractivity contribution in [2.24, 2.45) is 0 Å². The van der Waals surface area contributed by atoms with E-state index in [1.54, 1.807) is 6.20 Å². The molecule has 4 aromatic heterocycles. The molecule has 3 aromatic carbocycles. The van der Waals surface area contributed by atoms with E-state index in [0.717, 1.165) is 49.6 Å². The van der Waals surface area contributed by atoms with Crippen LogP contribution in [0.5, 0.6) is 0 Å². The van der Waals surface area contributed by atoms with Gasteiger partial charge in [0.15, 0.2) is 0 Å². The van der Waals surface area contributed by atoms with Gasteiger partial charge in [0.1, 0.15) is 16.8 Å². The van der Waals surface area contributed by atoms with Gasteiger partial charge in [-0.05, 0) is 35.7 Å². The zero-order chi connectivity index (χ0) is 19.7. The number of furan rings is 1. The third-order valence-corrected chi connectivity index (χ3v) is 5.91. The molecule has 0 atom stereocenters. The van der Waals surface area contributed by atoms with Crippen LogP contribution < -0.4 is 0 Å². The molecule has 140 valence electrons. The van der Waals surface area contributed by atoms with Crippen LogP contribution in [0.25, 0.3) is 60.3 Å². The first-order valence-corrected chi connectivity index (χ1v) is 9.93. The summed E-state index contributed by atoms with van der Waals surface area (Å²) in [4.78, 5) is 9.15. The first kappa shape index (κ1) is 15.7. The van der Waals surface area contributed by atoms with E-state index in [2.05, 4.69) is 58.1 Å². The first-order valence-electron chi connectivity index (χ1n) is 9.93. The Kier molecular flexibility index (Phi) is 2.97. The lowest BCUT2D eigenvalue weighted by atomic mass is 10.00. The van der Waals surface area contributed by atoms with Gasteiger partial charge in [0.2, 0.25) is 0 Å². The maximum atomic E-state index is 6.41. The van der Waals surface area contributed by atoms with Crippen molar-refractivity contribution in [2.45, 2.75) is 0 Å². The molecular weight excluding hydrogens is 370 g/mol. The lowest BCUT2D eigenvalue weighted by molar-refractivity contribution is 0.673. The Balaban J connectivity index is 1.91. The molecule has 0 bridgehead atoms. The molecule has 0 unspecified atom stereocenters. The first-order chi connectivity index (χ1) is 14.9. The number of benzene rings is 3. The molecule has 0 saturated heterocycles. The fourth-order valence-electron chi connectivity index (χ4n) is 4.73. The zero-order valence-electron chi connectivity index (χ0n) is 15.9. The molecule has 0 aliphatic rings. The van der Waals surface area contributed by atoms with Gasteiger partial charge in [-0.15, -0.1) is 0 Å². The average Bonchev–Trinajstić information content (AvgIpc) is 3.36. The molecule has 0 aliphatic carbocycles. The van der Waals surface area contributed by atoms with Crippen LogP contribution in [0.4, 0.5) is 0 Å². The van der Waals surface area contributed by atoms with E-state index in [1.165, 1.54) is 10.8 Å². The third-order valence-electron chi connectivity index (χ3n) is 5.91. The van der Waals surface area contributed by atoms with Crippen LogP contribution in [-0.2, 0) is 0 Å². The van der Waals surface area contributed by atoms with E-state index < -0.39 is 0 Å². The summed E-state index contributed by atoms with van der Waals surface area (Å²) in [6.07, 6.45) is 5.53. The topological polar surface area (TPSA) is 43.9 Å². The van der Waals surface area contributed by atoms with Crippen LogP contribution in [0, 0.1) is 0 Å². The van der Waals surface area contributed by atoms with Gasteiger partial charge in [-0.3, -0.25) is 9.55 Å². The molecule has 4 heteroatoms. The lowest BCUT2D eigenvalue weighted by Gasteiger charge is -2.08. The van der Waals surface area contributed by atoms with Crippen molar-refractivity contribution in [3.8, 4) is 5.69 Å². The fraction of sp³-hybridized carbons (Fsp3) is 0. The Morgan fingerprint density at radius 3 is 2.30 bits per heavy atom. The number of aromatic nitrogens is 3. The summed E-state index contributed by atoms with van der Waals surface area (Å²) >= 11 is 0. The number of nitrogens with zero attached hydrogens (tertiary/aromatic N) is 3. The number of rotatable bonds is 1. The second-order valence-corrected chi connectivity index (χ2v) is 7.49. The molecule has 0 aliphatic heterocycles. The molecule has 30 heavy (non-hydrogen) atoms. The van der Waals surface area contributed by atoms with Gasteiger partial charge in [-0.2, -0.15) is 0 Å². The molecule has 0 radical (unpaired) electrons. The van der Waals surface area contributed by atoms with Crippen LogP contribution in [0.2, 0.25) is 0 Å². The molecule has 7 aromatic rings. The van der Waals surface area contributed by atoms with Gasteiger partial charge in [0, 0.05) is 33.9 Å². The van der Waals surface area contributed by atoms with Gasteiger partial charge in [0.05, 0.1) is 22.8 Å². The maximum absolute atomic E-state index is 6.41. The summed E-state index contributed by atoms with van der Waals surface area (Å²) in [5.41, 5.74) is 4.81. The Hall–Kier alpha value is -4.18. The Labute approximate surface area is 171 Å². The van der Waals surface area contributed by atoms with Gasteiger partial charge in [-0.1, -0.05) is 42.5 Å². The summed E-state index contributed by atoms with van der Waals surface area (Å²) in [7, 11) is 0. The highest BCUT2D eigenvalue weighted by atomic mass is 16.3. The molecule has 4 nitrogen and oxygen atoms in total. The third kappa shape index (κ3) is 1.90. The number of para-hydroxylation sites is 1. The van der Waals surface area contributed by atoms with Crippen LogP contribution in [-0.4, -0.2) is 14.5 Å². The summed E-state index contributed by atoms with van der Waals surface area (Å²) in [5.74, 6) is 0. The highest BCUT2D eigenvalue weighted by Gasteiger charge is 2.22. The van der Waals surface area contributed by atoms with Crippen molar-refractivity contribution in [3.05, 3.63) is 91.4 Å². The Bertz CT molecular complexity index is 1740. The quantitative estimate of drug-likeness (QED) is 0.319. The fourth-order valence-corrected chi connectivity index (χ4v) is 4.73. The maximum Gasteiger partial charge on any atom is 0.145 e. The van der Waals surface area contributed by atoms with Gasteiger partial charge in [-0.25, -0.2) is 4.98 Å². The van der Waals surface area contributed by atoms with Crippen molar-refractivity contribution in [1.82, 2.24) is 14.5 Å². The summed E-state index contributed by atoms with van der Waals surface area (Å²) in [6, 6.07) is 24.9. The van der Waals surface area contributed by atoms with Crippen molar-refractivity contribution >= 4 is 54.6 Å². The van der Waals surface area contributed by atoms with Crippen molar-refractivity contribution in [2.75, 3.05) is 0 Å². The number of pyridine rings is 2. The van der Waals surface area contributed by atoms with Gasteiger partial charge >= 0.3 is 0 Å². The highest BCUT2D eigenvalue weighted by Crippen LogP contribution is 2.45. The zero-order valence-corrected chi connectivity index (χ0v) is 15.9. The summed E-state index contributed by atoms with van der Waals surface area (Å²) in [6.45, 7) is 0. The van der Waals surface area contributed by atoms with Crippen LogP contribution in [0.15, 0.2) is 95.8 Å². The monoisotopic (exact) mass is 385 g/mol. The normalized spacial score (nSPS) is 12.0. The van der Waals surface area contributed by atoms with Gasteiger partial charge < -0.3 is 4.42 Å². The van der Waals surface area contributed by atoms with E-state index in [0.29, 0.717) is 0 Å². The average molecular weight is 385 g/mol. The van der Waals surface area contributed by atoms with E-state index in [9.17, 15) is 0 Å². The predicted molar refractivity (Wildman–Crippen MR) is 121 cm³/mol. The molecule has 4 heterocycles. The second kappa shape index (κ2) is 5.67. The SMILES string of the molecule is c1cncc(-n2c3ncccc3c3c4ccccc4c4oc5ccccc5c4c32)c1. The van der Waals surface area contributed by atoms with Crippen molar-refractivity contribution < 1.29 is 4.42 Å². The highest BCUT2D eigenvalue weighted by molar-refractivity contribution is 6.35. The van der Waals surface area contributed by atoms with Crippen LogP contribution in [0.3, 0.4) is 0 Å². The van der Waals surface area contributed by atoms with Gasteiger partial charge in [0.25, 0.3) is 0 Å². The van der Waals surface area contributed by atoms with E-state index >= 15 is 0 Å². The minimum atomic E-state index is 0.890. The largest absolute Gasteiger partial charge is 0.455 e. The molecule has 7 rings (SSSR count). The number of hydrogen-bond donors (Lipinski definition) is 0. The lowest BCUT2D eigenvalue weighted by Crippen LogP contribution is -1.96. The number of hydrogen-bond acceptors (Lipinski definition) is 3. The van der Waals surface area contributed by atoms with E-state index in [-0.39, 0.29) is 0 Å². The van der Waals surface area contributed by atoms with E-state index in [4.69, 9.17) is 9.40 Å². The van der Waals surface area contributed by atoms with Crippen LogP contribution in [0.1, 0.15) is 0 Å². The summed E-state index contributed by atoms with van der Waals surface area (Å²) in [5, 5.41) is 6.82. The molecule has 0 N–H and O–H groups in total. The number of fused-ring (bicyclic) bond motifs is 10. The molecule has 0 fully saturated rings. The minimum Gasteiger partial charge on any atom is -0.455 e. The standard InChI is InChI=1S/C26H15N3O/c1-2-9-18-17(8-1)22-20-11-6-14-28-26(20)29(16-7-5-13-27-15-16)24(22)23-19-10-3-4-12-21(19)30-25(18)23/h1-15H. The van der Waals surface area contributed by atoms with Crippen molar-refractivity contribution in [3.63, 3.8) is 0 Å². The Morgan fingerprint density at radius 2 is 1.43 bits per heavy atom. The summed E-state index contributed by atoms with van der Waals surface area (Å²) < 4.78 is 8.63. The second-order valence-electron chi connectivity index (χ2n) is 7.49.